The highest BCUT2D eigenvalue weighted by Crippen LogP contribution is 2.18. The van der Waals surface area contributed by atoms with Gasteiger partial charge in [-0.3, -0.25) is 0 Å². The van der Waals surface area contributed by atoms with Gasteiger partial charge in [-0.15, -0.1) is 0 Å². The maximum Gasteiger partial charge on any atom is 0.244 e. The van der Waals surface area contributed by atoms with E-state index in [4.69, 9.17) is 11.6 Å². The molecular formula is C13H15ClN4O. The molecule has 0 spiro atoms. The molecule has 0 radical (unpaired) electrons. The molecule has 1 fully saturated rings. The zero-order chi connectivity index (χ0) is 13.4. The van der Waals surface area contributed by atoms with Gasteiger partial charge in [-0.25, -0.2) is 4.98 Å². The number of halogens is 1. The van der Waals surface area contributed by atoms with Crippen LogP contribution >= 0.6 is 11.6 Å². The van der Waals surface area contributed by atoms with Gasteiger partial charge in [0.25, 0.3) is 0 Å². The molecule has 1 saturated heterocycles. The summed E-state index contributed by atoms with van der Waals surface area (Å²) in [4.78, 5) is 8.96. The molecule has 1 aliphatic heterocycles. The van der Waals surface area contributed by atoms with Gasteiger partial charge in [-0.2, -0.15) is 4.73 Å². The molecule has 1 aliphatic rings. The maximum absolute atomic E-state index is 12.0. The van der Waals surface area contributed by atoms with E-state index in [1.54, 1.807) is 18.2 Å². The molecule has 0 saturated carbocycles. The number of piperazine rings is 1. The number of aromatic nitrogens is 2. The highest BCUT2D eigenvalue weighted by Gasteiger charge is 2.19. The number of nitrogens with zero attached hydrogens (tertiary/aromatic N) is 4. The largest absolute Gasteiger partial charge is 0.618 e. The average Bonchev–Trinajstić information content (AvgIpc) is 2.40. The minimum absolute atomic E-state index is 0.505. The van der Waals surface area contributed by atoms with E-state index in [9.17, 15) is 5.21 Å². The molecule has 5 nitrogen and oxygen atoms in total. The van der Waals surface area contributed by atoms with Crippen LogP contribution in [0.25, 0.3) is 11.0 Å². The molecule has 2 heterocycles. The molecule has 2 aromatic rings. The first-order chi connectivity index (χ1) is 9.13. The molecule has 100 valence electrons. The highest BCUT2D eigenvalue weighted by atomic mass is 35.5. The number of anilines is 1. The van der Waals surface area contributed by atoms with E-state index in [0.29, 0.717) is 16.1 Å². The Balaban J connectivity index is 1.99. The number of likely N-dealkylation sites (N-methyl/N-ethyl adjacent to an activating group) is 1. The predicted molar refractivity (Wildman–Crippen MR) is 75.4 cm³/mol. The van der Waals surface area contributed by atoms with E-state index in [1.165, 1.54) is 6.20 Å². The Morgan fingerprint density at radius 1 is 1.26 bits per heavy atom. The van der Waals surface area contributed by atoms with Crippen molar-refractivity contribution in [2.45, 2.75) is 0 Å². The summed E-state index contributed by atoms with van der Waals surface area (Å²) in [5.74, 6) is 0.734. The fourth-order valence-corrected chi connectivity index (χ4v) is 2.45. The molecule has 0 N–H and O–H groups in total. The van der Waals surface area contributed by atoms with Crippen molar-refractivity contribution in [3.63, 3.8) is 0 Å². The lowest BCUT2D eigenvalue weighted by Gasteiger charge is -2.32. The van der Waals surface area contributed by atoms with Crippen LogP contribution in [-0.4, -0.2) is 43.1 Å². The van der Waals surface area contributed by atoms with E-state index < -0.39 is 0 Å². The smallest absolute Gasteiger partial charge is 0.244 e. The second-order valence-corrected chi connectivity index (χ2v) is 5.28. The first-order valence-electron chi connectivity index (χ1n) is 6.26. The van der Waals surface area contributed by atoms with Crippen LogP contribution in [0, 0.1) is 5.21 Å². The molecule has 0 aliphatic carbocycles. The van der Waals surface area contributed by atoms with Crippen LogP contribution in [-0.2, 0) is 0 Å². The normalized spacial score (nSPS) is 17.1. The zero-order valence-electron chi connectivity index (χ0n) is 10.7. The van der Waals surface area contributed by atoms with Gasteiger partial charge < -0.3 is 15.0 Å². The Hall–Kier alpha value is -1.59. The second-order valence-electron chi connectivity index (χ2n) is 4.85. The zero-order valence-corrected chi connectivity index (χ0v) is 11.5. The maximum atomic E-state index is 12.0. The Morgan fingerprint density at radius 3 is 2.74 bits per heavy atom. The minimum atomic E-state index is 0.505. The summed E-state index contributed by atoms with van der Waals surface area (Å²) >= 11 is 5.90. The number of hydrogen-bond donors (Lipinski definition) is 0. The third-order valence-electron chi connectivity index (χ3n) is 3.47. The topological polar surface area (TPSA) is 46.3 Å². The minimum Gasteiger partial charge on any atom is -0.618 e. The van der Waals surface area contributed by atoms with Gasteiger partial charge >= 0.3 is 0 Å². The molecule has 0 unspecified atom stereocenters. The lowest BCUT2D eigenvalue weighted by Crippen LogP contribution is -2.45. The summed E-state index contributed by atoms with van der Waals surface area (Å²) < 4.78 is 0.849. The molecule has 0 atom stereocenters. The number of hydrogen-bond acceptors (Lipinski definition) is 4. The van der Waals surface area contributed by atoms with Crippen molar-refractivity contribution >= 4 is 28.5 Å². The number of fused-ring (bicyclic) bond motifs is 1. The van der Waals surface area contributed by atoms with Crippen molar-refractivity contribution in [1.82, 2.24) is 9.88 Å². The van der Waals surface area contributed by atoms with Crippen LogP contribution in [0.5, 0.6) is 0 Å². The molecule has 1 aromatic heterocycles. The Morgan fingerprint density at radius 2 is 2.00 bits per heavy atom. The summed E-state index contributed by atoms with van der Waals surface area (Å²) in [6.45, 7) is 3.75. The van der Waals surface area contributed by atoms with Gasteiger partial charge in [-0.05, 0) is 19.2 Å². The Bertz CT molecular complexity index is 611. The summed E-state index contributed by atoms with van der Waals surface area (Å²) in [5, 5.41) is 12.6. The van der Waals surface area contributed by atoms with E-state index in [2.05, 4.69) is 21.8 Å². The molecule has 0 amide bonds. The fourth-order valence-electron chi connectivity index (χ4n) is 2.28. The summed E-state index contributed by atoms with van der Waals surface area (Å²) in [6, 6.07) is 5.18. The van der Waals surface area contributed by atoms with E-state index in [-0.39, 0.29) is 0 Å². The van der Waals surface area contributed by atoms with Crippen molar-refractivity contribution in [2.24, 2.45) is 0 Å². The van der Waals surface area contributed by atoms with E-state index in [1.807, 2.05) is 0 Å². The summed E-state index contributed by atoms with van der Waals surface area (Å²) in [6.07, 6.45) is 1.53. The van der Waals surface area contributed by atoms with Crippen LogP contribution in [0.4, 0.5) is 5.82 Å². The Labute approximate surface area is 116 Å². The van der Waals surface area contributed by atoms with Crippen LogP contribution in [0.15, 0.2) is 24.4 Å². The van der Waals surface area contributed by atoms with E-state index >= 15 is 0 Å². The number of rotatable bonds is 1. The van der Waals surface area contributed by atoms with Gasteiger partial charge in [-0.1, -0.05) is 11.6 Å². The SMILES string of the molecule is CN1CCN(c2c[n+]([O-])c3cc(Cl)ccc3n2)CC1. The Kier molecular flexibility index (Phi) is 3.16. The lowest BCUT2D eigenvalue weighted by molar-refractivity contribution is -0.576. The van der Waals surface area contributed by atoms with Gasteiger partial charge in [0.2, 0.25) is 11.7 Å². The predicted octanol–water partition coefficient (Wildman–Crippen LogP) is 1.27. The van der Waals surface area contributed by atoms with E-state index in [0.717, 1.165) is 36.7 Å². The van der Waals surface area contributed by atoms with Crippen molar-refractivity contribution in [1.29, 1.82) is 0 Å². The average molecular weight is 279 g/mol. The van der Waals surface area contributed by atoms with Crippen molar-refractivity contribution < 1.29 is 4.73 Å². The van der Waals surface area contributed by atoms with Crippen molar-refractivity contribution in [2.75, 3.05) is 38.1 Å². The summed E-state index contributed by atoms with van der Waals surface area (Å²) in [7, 11) is 2.10. The van der Waals surface area contributed by atoms with Gasteiger partial charge in [0, 0.05) is 37.3 Å². The highest BCUT2D eigenvalue weighted by molar-refractivity contribution is 6.31. The molecule has 0 bridgehead atoms. The molecule has 3 rings (SSSR count). The fraction of sp³-hybridized carbons (Fsp3) is 0.385. The van der Waals surface area contributed by atoms with Gasteiger partial charge in [0.05, 0.1) is 0 Å². The molecular weight excluding hydrogens is 264 g/mol. The van der Waals surface area contributed by atoms with Gasteiger partial charge in [0.15, 0.2) is 5.82 Å². The number of benzene rings is 1. The lowest BCUT2D eigenvalue weighted by atomic mass is 10.3. The quantitative estimate of drug-likeness (QED) is 0.582. The molecule has 6 heteroatoms. The van der Waals surface area contributed by atoms with Crippen molar-refractivity contribution in [3.8, 4) is 0 Å². The van der Waals surface area contributed by atoms with Crippen LogP contribution in [0.1, 0.15) is 0 Å². The molecule has 1 aromatic carbocycles. The first-order valence-corrected chi connectivity index (χ1v) is 6.64. The van der Waals surface area contributed by atoms with Crippen LogP contribution < -0.4 is 9.63 Å². The first kappa shape index (κ1) is 12.4. The van der Waals surface area contributed by atoms with Crippen molar-refractivity contribution in [3.05, 3.63) is 34.6 Å². The third-order valence-corrected chi connectivity index (χ3v) is 3.70. The second kappa shape index (κ2) is 4.83. The van der Waals surface area contributed by atoms with Crippen LogP contribution in [0.3, 0.4) is 0 Å². The monoisotopic (exact) mass is 278 g/mol. The third kappa shape index (κ3) is 2.43. The molecule has 19 heavy (non-hydrogen) atoms. The van der Waals surface area contributed by atoms with Gasteiger partial charge in [0.1, 0.15) is 5.52 Å². The summed E-state index contributed by atoms with van der Waals surface area (Å²) in [5.41, 5.74) is 1.18. The van der Waals surface area contributed by atoms with Crippen LogP contribution in [0.2, 0.25) is 5.02 Å². The standard InChI is InChI=1S/C13H15ClN4O/c1-16-4-6-17(7-5-16)13-9-18(19)12-8-10(14)2-3-11(12)15-13/h2-3,8-9H,4-7H2,1H3.